The lowest BCUT2D eigenvalue weighted by molar-refractivity contribution is -0.122. The van der Waals surface area contributed by atoms with Crippen LogP contribution in [0.4, 0.5) is 0 Å². The monoisotopic (exact) mass is 220 g/mol. The fourth-order valence-electron chi connectivity index (χ4n) is 1.63. The van der Waals surface area contributed by atoms with Crippen LogP contribution in [-0.2, 0) is 4.79 Å². The molecule has 0 bridgehead atoms. The maximum atomic E-state index is 11.9. The predicted molar refractivity (Wildman–Crippen MR) is 63.0 cm³/mol. The van der Waals surface area contributed by atoms with Gasteiger partial charge in [0.25, 0.3) is 5.91 Å². The molecule has 1 aliphatic carbocycles. The lowest BCUT2D eigenvalue weighted by atomic mass is 10.1. The lowest BCUT2D eigenvalue weighted by Crippen LogP contribution is -2.30. The molecule has 1 saturated heterocycles. The second-order valence-electron chi connectivity index (χ2n) is 3.35. The number of rotatable bonds is 1. The van der Waals surface area contributed by atoms with Gasteiger partial charge in [-0.2, -0.15) is 0 Å². The van der Waals surface area contributed by atoms with Crippen molar-refractivity contribution < 1.29 is 4.79 Å². The smallest absolute Gasteiger partial charge is 0.277 e. The maximum Gasteiger partial charge on any atom is 0.277 e. The maximum absolute atomic E-state index is 11.9. The number of likely N-dealkylation sites (N-methyl/N-ethyl adjacent to an activating group) is 1. The van der Waals surface area contributed by atoms with Crippen LogP contribution < -0.4 is 5.32 Å². The minimum atomic E-state index is -0.0336. The van der Waals surface area contributed by atoms with E-state index in [2.05, 4.69) is 5.32 Å². The van der Waals surface area contributed by atoms with Gasteiger partial charge in [0, 0.05) is 12.1 Å². The van der Waals surface area contributed by atoms with Crippen molar-refractivity contribution in [2.75, 3.05) is 6.54 Å². The van der Waals surface area contributed by atoms with E-state index in [4.69, 9.17) is 12.2 Å². The summed E-state index contributed by atoms with van der Waals surface area (Å²) in [5, 5.41) is 3.46. The van der Waals surface area contributed by atoms with Gasteiger partial charge in [0.2, 0.25) is 0 Å². The molecule has 1 N–H and O–H groups in total. The minimum absolute atomic E-state index is 0.0336. The molecule has 0 saturated carbocycles. The first-order valence-corrected chi connectivity index (χ1v) is 5.35. The van der Waals surface area contributed by atoms with Crippen LogP contribution in [0.2, 0.25) is 0 Å². The zero-order valence-corrected chi connectivity index (χ0v) is 9.30. The van der Waals surface area contributed by atoms with Crippen molar-refractivity contribution in [3.8, 4) is 0 Å². The highest BCUT2D eigenvalue weighted by Gasteiger charge is 2.30. The Bertz CT molecular complexity index is 393. The quantitative estimate of drug-likeness (QED) is 0.537. The van der Waals surface area contributed by atoms with Crippen LogP contribution in [-0.4, -0.2) is 22.5 Å². The van der Waals surface area contributed by atoms with Gasteiger partial charge in [-0.15, -0.1) is 0 Å². The van der Waals surface area contributed by atoms with Crippen LogP contribution in [0.25, 0.3) is 0 Å². The number of carbonyl (C=O) groups excluding carboxylic acids is 1. The molecule has 2 aliphatic rings. The number of amides is 1. The number of allylic oxidation sites excluding steroid dienone is 5. The van der Waals surface area contributed by atoms with Gasteiger partial charge in [0.05, 0.1) is 0 Å². The Balaban J connectivity index is 2.36. The van der Waals surface area contributed by atoms with Crippen molar-refractivity contribution in [3.05, 3.63) is 35.6 Å². The zero-order chi connectivity index (χ0) is 10.8. The van der Waals surface area contributed by atoms with Gasteiger partial charge < -0.3 is 5.32 Å². The van der Waals surface area contributed by atoms with Gasteiger partial charge in [-0.25, -0.2) is 0 Å². The molecule has 0 aromatic carbocycles. The average molecular weight is 220 g/mol. The fourth-order valence-corrected chi connectivity index (χ4v) is 1.94. The molecule has 0 atom stereocenters. The molecule has 0 aromatic rings. The average Bonchev–Trinajstić information content (AvgIpc) is 2.55. The lowest BCUT2D eigenvalue weighted by Gasteiger charge is -2.09. The Hall–Kier alpha value is -1.42. The number of hydrogen-bond donors (Lipinski definition) is 1. The standard InChI is InChI=1S/C11H12N2OS/c1-2-13-10(14)9(12-11(13)15)8-6-4-3-5-7-8/h4-7H,2-3H2,1H3,(H,12,15). The summed E-state index contributed by atoms with van der Waals surface area (Å²) in [6, 6.07) is 0. The Morgan fingerprint density at radius 3 is 2.67 bits per heavy atom. The van der Waals surface area contributed by atoms with E-state index >= 15 is 0 Å². The summed E-state index contributed by atoms with van der Waals surface area (Å²) in [5.74, 6) is -0.0336. The van der Waals surface area contributed by atoms with Gasteiger partial charge in [0.1, 0.15) is 5.70 Å². The van der Waals surface area contributed by atoms with Crippen LogP contribution in [0.1, 0.15) is 13.3 Å². The second-order valence-corrected chi connectivity index (χ2v) is 3.74. The van der Waals surface area contributed by atoms with Gasteiger partial charge >= 0.3 is 0 Å². The van der Waals surface area contributed by atoms with Crippen molar-refractivity contribution in [2.24, 2.45) is 0 Å². The van der Waals surface area contributed by atoms with Crippen LogP contribution in [0, 0.1) is 0 Å². The molecule has 3 nitrogen and oxygen atoms in total. The highest BCUT2D eigenvalue weighted by Crippen LogP contribution is 2.18. The van der Waals surface area contributed by atoms with Crippen molar-refractivity contribution in [2.45, 2.75) is 13.3 Å². The molecule has 0 unspecified atom stereocenters. The number of thiocarbonyl (C=S) groups is 1. The van der Waals surface area contributed by atoms with Crippen LogP contribution in [0.5, 0.6) is 0 Å². The van der Waals surface area contributed by atoms with E-state index in [1.807, 2.05) is 31.2 Å². The van der Waals surface area contributed by atoms with E-state index in [0.717, 1.165) is 12.0 Å². The van der Waals surface area contributed by atoms with Gasteiger partial charge in [-0.05, 0) is 25.6 Å². The summed E-state index contributed by atoms with van der Waals surface area (Å²) in [5.41, 5.74) is 1.50. The van der Waals surface area contributed by atoms with E-state index in [1.165, 1.54) is 0 Å². The molecule has 4 heteroatoms. The van der Waals surface area contributed by atoms with Crippen molar-refractivity contribution >= 4 is 23.2 Å². The molecule has 0 radical (unpaired) electrons. The Labute approximate surface area is 94.1 Å². The predicted octanol–water partition coefficient (Wildman–Crippen LogP) is 1.49. The Kier molecular flexibility index (Phi) is 2.68. The van der Waals surface area contributed by atoms with Crippen molar-refractivity contribution in [1.82, 2.24) is 10.2 Å². The Morgan fingerprint density at radius 2 is 2.13 bits per heavy atom. The van der Waals surface area contributed by atoms with Crippen LogP contribution in [0.15, 0.2) is 35.6 Å². The molecule has 1 fully saturated rings. The first kappa shape index (κ1) is 10.1. The molecule has 0 aromatic heterocycles. The highest BCUT2D eigenvalue weighted by molar-refractivity contribution is 7.80. The number of nitrogens with zero attached hydrogens (tertiary/aromatic N) is 1. The summed E-state index contributed by atoms with van der Waals surface area (Å²) in [6.45, 7) is 2.51. The topological polar surface area (TPSA) is 32.3 Å². The molecular formula is C11H12N2OS. The van der Waals surface area contributed by atoms with Crippen LogP contribution >= 0.6 is 12.2 Å². The normalized spacial score (nSPS) is 20.2. The summed E-state index contributed by atoms with van der Waals surface area (Å²) < 4.78 is 0. The SMILES string of the molecule is CCN1C(=O)C(=C2C=CCC=C2)NC1=S. The molecule has 0 spiro atoms. The highest BCUT2D eigenvalue weighted by atomic mass is 32.1. The van der Waals surface area contributed by atoms with Crippen molar-refractivity contribution in [3.63, 3.8) is 0 Å². The molecule has 1 heterocycles. The number of hydrogen-bond acceptors (Lipinski definition) is 2. The molecule has 1 amide bonds. The third kappa shape index (κ3) is 1.72. The molecule has 2 rings (SSSR count). The van der Waals surface area contributed by atoms with E-state index in [-0.39, 0.29) is 5.91 Å². The summed E-state index contributed by atoms with van der Waals surface area (Å²) in [4.78, 5) is 13.5. The number of carbonyl (C=O) groups is 1. The third-order valence-corrected chi connectivity index (χ3v) is 2.73. The summed E-state index contributed by atoms with van der Waals surface area (Å²) in [6.07, 6.45) is 8.86. The van der Waals surface area contributed by atoms with E-state index in [1.54, 1.807) is 4.90 Å². The van der Waals surface area contributed by atoms with Crippen LogP contribution in [0.3, 0.4) is 0 Å². The first-order chi connectivity index (χ1) is 7.24. The van der Waals surface area contributed by atoms with Gasteiger partial charge in [-0.3, -0.25) is 9.69 Å². The van der Waals surface area contributed by atoms with E-state index in [9.17, 15) is 4.79 Å². The zero-order valence-electron chi connectivity index (χ0n) is 8.49. The summed E-state index contributed by atoms with van der Waals surface area (Å²) >= 11 is 5.07. The largest absolute Gasteiger partial charge is 0.327 e. The van der Waals surface area contributed by atoms with Gasteiger partial charge in [0.15, 0.2) is 5.11 Å². The first-order valence-electron chi connectivity index (χ1n) is 4.94. The molecule has 1 aliphatic heterocycles. The van der Waals surface area contributed by atoms with Gasteiger partial charge in [-0.1, -0.05) is 24.3 Å². The van der Waals surface area contributed by atoms with Crippen molar-refractivity contribution in [1.29, 1.82) is 0 Å². The molecular weight excluding hydrogens is 208 g/mol. The second kappa shape index (κ2) is 3.98. The van der Waals surface area contributed by atoms with E-state index < -0.39 is 0 Å². The fraction of sp³-hybridized carbons (Fsp3) is 0.273. The minimum Gasteiger partial charge on any atom is -0.327 e. The molecule has 78 valence electrons. The third-order valence-electron chi connectivity index (χ3n) is 2.41. The molecule has 15 heavy (non-hydrogen) atoms. The summed E-state index contributed by atoms with van der Waals surface area (Å²) in [7, 11) is 0. The number of nitrogens with one attached hydrogen (secondary N) is 1. The van der Waals surface area contributed by atoms with E-state index in [0.29, 0.717) is 17.4 Å². The Morgan fingerprint density at radius 1 is 1.47 bits per heavy atom.